The largest absolute Gasteiger partial charge is 0.467 e. The molecule has 1 amide bonds. The van der Waals surface area contributed by atoms with Crippen LogP contribution in [0.3, 0.4) is 0 Å². The highest BCUT2D eigenvalue weighted by atomic mass is 32.2. The van der Waals surface area contributed by atoms with Crippen molar-refractivity contribution in [1.29, 1.82) is 0 Å². The number of aromatic amines is 1. The summed E-state index contributed by atoms with van der Waals surface area (Å²) in [6.45, 7) is 0.429. The molecule has 0 radical (unpaired) electrons. The number of imidazole rings is 1. The maximum Gasteiger partial charge on any atom is 0.423 e. The smallest absolute Gasteiger partial charge is 0.423 e. The third kappa shape index (κ3) is 3.65. The summed E-state index contributed by atoms with van der Waals surface area (Å²) in [6, 6.07) is 0. The number of methoxy groups -OCH3 is 1. The molecule has 1 saturated heterocycles. The number of likely N-dealkylation sites (tertiary alicyclic amines) is 1. The maximum absolute atomic E-state index is 12.0. The Balaban J connectivity index is 1.81. The zero-order chi connectivity index (χ0) is 15.3. The van der Waals surface area contributed by atoms with Crippen LogP contribution in [0.15, 0.2) is 12.5 Å². The predicted molar refractivity (Wildman–Crippen MR) is 80.9 cm³/mol. The van der Waals surface area contributed by atoms with Gasteiger partial charge in [0, 0.05) is 30.6 Å². The number of aryl methyl sites for hydroxylation is 1. The summed E-state index contributed by atoms with van der Waals surface area (Å²) in [4.78, 5) is 30.8. The van der Waals surface area contributed by atoms with Gasteiger partial charge in [-0.05, 0) is 12.8 Å². The van der Waals surface area contributed by atoms with Crippen molar-refractivity contribution in [3.05, 3.63) is 18.2 Å². The quantitative estimate of drug-likeness (QED) is 0.369. The maximum atomic E-state index is 12.0. The summed E-state index contributed by atoms with van der Waals surface area (Å²) < 4.78 is 9.84. The van der Waals surface area contributed by atoms with Gasteiger partial charge >= 0.3 is 12.1 Å². The third-order valence-electron chi connectivity index (χ3n) is 3.23. The molecule has 0 saturated carbocycles. The first-order valence-corrected chi connectivity index (χ1v) is 7.83. The van der Waals surface area contributed by atoms with E-state index in [0.717, 1.165) is 17.7 Å². The van der Waals surface area contributed by atoms with Gasteiger partial charge in [0.1, 0.15) is 0 Å². The molecule has 1 aliphatic heterocycles. The number of carbonyl (C=O) groups is 2. The Morgan fingerprint density at radius 3 is 3.10 bits per heavy atom. The van der Waals surface area contributed by atoms with Crippen molar-refractivity contribution in [2.45, 2.75) is 24.1 Å². The number of nitrogens with one attached hydrogen (secondary N) is 1. The van der Waals surface area contributed by atoms with E-state index in [1.807, 2.05) is 0 Å². The molecule has 0 aromatic carbocycles. The number of carbonyl (C=O) groups excluding carboxylic acids is 2. The topological polar surface area (TPSA) is 84.5 Å². The van der Waals surface area contributed by atoms with Gasteiger partial charge in [-0.25, -0.2) is 14.6 Å². The van der Waals surface area contributed by atoms with Crippen molar-refractivity contribution >= 4 is 36.7 Å². The summed E-state index contributed by atoms with van der Waals surface area (Å²) in [5.41, 5.74) is 0.970. The van der Waals surface area contributed by atoms with Gasteiger partial charge in [-0.15, -0.1) is 12.6 Å². The summed E-state index contributed by atoms with van der Waals surface area (Å²) in [7, 11) is 1.28. The monoisotopic (exact) mass is 331 g/mol. The second kappa shape index (κ2) is 7.08. The van der Waals surface area contributed by atoms with Crippen LogP contribution in [-0.2, 0) is 20.1 Å². The first-order valence-electron chi connectivity index (χ1n) is 6.47. The van der Waals surface area contributed by atoms with E-state index in [2.05, 4.69) is 22.6 Å². The molecule has 0 spiro atoms. The Morgan fingerprint density at radius 2 is 2.43 bits per heavy atom. The third-order valence-corrected chi connectivity index (χ3v) is 4.50. The zero-order valence-electron chi connectivity index (χ0n) is 11.6. The Bertz CT molecular complexity index is 497. The van der Waals surface area contributed by atoms with Gasteiger partial charge in [0.15, 0.2) is 4.87 Å². The van der Waals surface area contributed by atoms with Crippen molar-refractivity contribution in [3.8, 4) is 0 Å². The Hall–Kier alpha value is -1.35. The zero-order valence-corrected chi connectivity index (χ0v) is 13.3. The fourth-order valence-corrected chi connectivity index (χ4v) is 3.14. The highest BCUT2D eigenvalue weighted by Crippen LogP contribution is 2.35. The predicted octanol–water partition coefficient (Wildman–Crippen LogP) is 1.63. The molecular formula is C12H17N3O4S2. The number of esters is 1. The second-order valence-corrected chi connectivity index (χ2v) is 6.11. The lowest BCUT2D eigenvalue weighted by Gasteiger charge is -2.30. The van der Waals surface area contributed by atoms with E-state index in [1.54, 1.807) is 12.5 Å². The van der Waals surface area contributed by atoms with E-state index in [4.69, 9.17) is 8.92 Å². The number of thiol groups is 1. The molecule has 1 aromatic heterocycles. The highest BCUT2D eigenvalue weighted by molar-refractivity contribution is 7.95. The number of H-pyrrole nitrogens is 1. The van der Waals surface area contributed by atoms with Crippen molar-refractivity contribution in [3.63, 3.8) is 0 Å². The molecule has 1 aliphatic rings. The fraction of sp³-hybridized carbons (Fsp3) is 0.583. The van der Waals surface area contributed by atoms with Gasteiger partial charge < -0.3 is 13.9 Å². The molecule has 116 valence electrons. The van der Waals surface area contributed by atoms with Gasteiger partial charge in [0.2, 0.25) is 0 Å². The SMILES string of the molecule is COC(=O)[C@]1(S)CCCN1C(=O)OSCCc1cnc[nH]1. The summed E-state index contributed by atoms with van der Waals surface area (Å²) in [5, 5.41) is 0. The Morgan fingerprint density at radius 1 is 1.62 bits per heavy atom. The van der Waals surface area contributed by atoms with Gasteiger partial charge in [-0.3, -0.25) is 4.90 Å². The second-order valence-electron chi connectivity index (χ2n) is 4.56. The van der Waals surface area contributed by atoms with E-state index >= 15 is 0 Å². The molecule has 9 heteroatoms. The van der Waals surface area contributed by atoms with Gasteiger partial charge in [0.05, 0.1) is 25.5 Å². The summed E-state index contributed by atoms with van der Waals surface area (Å²) >= 11 is 5.35. The molecule has 0 aliphatic carbocycles. The molecule has 7 nitrogen and oxygen atoms in total. The molecule has 2 heterocycles. The van der Waals surface area contributed by atoms with Crippen LogP contribution in [0.1, 0.15) is 18.5 Å². The molecule has 0 bridgehead atoms. The van der Waals surface area contributed by atoms with E-state index in [1.165, 1.54) is 12.0 Å². The number of rotatable bonds is 5. The van der Waals surface area contributed by atoms with Crippen LogP contribution in [0.4, 0.5) is 4.79 Å². The normalized spacial score (nSPS) is 21.3. The lowest BCUT2D eigenvalue weighted by Crippen LogP contribution is -2.49. The van der Waals surface area contributed by atoms with Crippen LogP contribution in [0.2, 0.25) is 0 Å². The molecule has 2 rings (SSSR count). The van der Waals surface area contributed by atoms with E-state index in [-0.39, 0.29) is 0 Å². The molecule has 21 heavy (non-hydrogen) atoms. The van der Waals surface area contributed by atoms with E-state index in [0.29, 0.717) is 31.6 Å². The van der Waals surface area contributed by atoms with Crippen molar-refractivity contribution < 1.29 is 18.5 Å². The average molecular weight is 331 g/mol. The molecule has 0 unspecified atom stereocenters. The van der Waals surface area contributed by atoms with Crippen LogP contribution in [0.5, 0.6) is 0 Å². The minimum atomic E-state index is -1.23. The van der Waals surface area contributed by atoms with Crippen LogP contribution < -0.4 is 0 Å². The lowest BCUT2D eigenvalue weighted by atomic mass is 10.2. The summed E-state index contributed by atoms with van der Waals surface area (Å²) in [6.07, 6.45) is 4.60. The van der Waals surface area contributed by atoms with E-state index < -0.39 is 16.9 Å². The molecule has 1 N–H and O–H groups in total. The van der Waals surface area contributed by atoms with Crippen LogP contribution in [0, 0.1) is 0 Å². The van der Waals surface area contributed by atoms with E-state index in [9.17, 15) is 9.59 Å². The van der Waals surface area contributed by atoms with Crippen molar-refractivity contribution in [2.24, 2.45) is 0 Å². The molecule has 1 atom stereocenters. The highest BCUT2D eigenvalue weighted by Gasteiger charge is 2.49. The first-order chi connectivity index (χ1) is 10.1. The van der Waals surface area contributed by atoms with Gasteiger partial charge in [0.25, 0.3) is 0 Å². The summed E-state index contributed by atoms with van der Waals surface area (Å²) in [5.74, 6) is 0.0577. The average Bonchev–Trinajstić information content (AvgIpc) is 3.12. The minimum Gasteiger partial charge on any atom is -0.467 e. The van der Waals surface area contributed by atoms with Gasteiger partial charge in [-0.2, -0.15) is 0 Å². The van der Waals surface area contributed by atoms with Gasteiger partial charge in [-0.1, -0.05) is 0 Å². The number of hydrogen-bond acceptors (Lipinski definition) is 7. The van der Waals surface area contributed by atoms with Crippen LogP contribution in [-0.4, -0.2) is 51.2 Å². The number of hydrogen-bond donors (Lipinski definition) is 2. The molecule has 1 fully saturated rings. The Labute approximate surface area is 132 Å². The number of amides is 1. The standard InChI is InChI=1S/C12H17N3O4S2/c1-18-10(16)12(20)4-2-5-15(12)11(17)19-21-6-3-9-7-13-8-14-9/h7-8,20H,2-6H2,1H3,(H,13,14)/t12-/m1/s1. The first kappa shape index (κ1) is 16.0. The number of aromatic nitrogens is 2. The van der Waals surface area contributed by atoms with Crippen LogP contribution >= 0.6 is 24.7 Å². The fourth-order valence-electron chi connectivity index (χ4n) is 2.13. The number of nitrogens with zero attached hydrogens (tertiary/aromatic N) is 2. The van der Waals surface area contributed by atoms with Crippen LogP contribution in [0.25, 0.3) is 0 Å². The Kier molecular flexibility index (Phi) is 5.40. The van der Waals surface area contributed by atoms with Crippen molar-refractivity contribution in [2.75, 3.05) is 19.4 Å². The molecule has 1 aromatic rings. The molecular weight excluding hydrogens is 314 g/mol. The van der Waals surface area contributed by atoms with Crippen molar-refractivity contribution in [1.82, 2.24) is 14.9 Å². The minimum absolute atomic E-state index is 0.429. The number of ether oxygens (including phenoxy) is 1. The lowest BCUT2D eigenvalue weighted by molar-refractivity contribution is -0.146.